The van der Waals surface area contributed by atoms with Crippen LogP contribution < -0.4 is 0 Å². The van der Waals surface area contributed by atoms with Gasteiger partial charge in [-0.25, -0.2) is 0 Å². The summed E-state index contributed by atoms with van der Waals surface area (Å²) in [5, 5.41) is 17.3. The van der Waals surface area contributed by atoms with Crippen molar-refractivity contribution >= 4 is 45.0 Å². The summed E-state index contributed by atoms with van der Waals surface area (Å²) in [5.74, 6) is -0.0785. The van der Waals surface area contributed by atoms with Crippen LogP contribution in [0.2, 0.25) is 0 Å². The minimum absolute atomic E-state index is 0.00767. The highest BCUT2D eigenvalue weighted by atomic mass is 79.9. The van der Waals surface area contributed by atoms with Crippen LogP contribution >= 0.6 is 39.0 Å². The lowest BCUT2D eigenvalue weighted by molar-refractivity contribution is -0.133. The number of rotatable bonds is 5. The molecule has 0 amide bonds. The van der Waals surface area contributed by atoms with Gasteiger partial charge in [0, 0.05) is 4.88 Å². The molecule has 0 radical (unpaired) electrons. The maximum Gasteiger partial charge on any atom is 0.313 e. The fourth-order valence-corrected chi connectivity index (χ4v) is 3.55. The van der Waals surface area contributed by atoms with Crippen LogP contribution in [0.5, 0.6) is 0 Å². The number of aryl methyl sites for hydroxylation is 1. The number of carboxylic acids is 1. The Labute approximate surface area is 120 Å². The van der Waals surface area contributed by atoms with Crippen molar-refractivity contribution in [1.29, 1.82) is 0 Å². The van der Waals surface area contributed by atoms with Gasteiger partial charge in [0.25, 0.3) is 0 Å². The Morgan fingerprint density at radius 1 is 1.56 bits per heavy atom. The Bertz CT molecular complexity index is 567. The van der Waals surface area contributed by atoms with E-state index in [1.54, 1.807) is 11.3 Å². The third kappa shape index (κ3) is 3.33. The van der Waals surface area contributed by atoms with Gasteiger partial charge >= 0.3 is 5.97 Å². The molecule has 0 fully saturated rings. The number of carboxylic acid groups (broad SMARTS) is 1. The molecule has 0 saturated carbocycles. The molecule has 2 aromatic rings. The molecule has 0 aliphatic carbocycles. The van der Waals surface area contributed by atoms with Gasteiger partial charge in [-0.2, -0.15) is 0 Å². The first-order valence-electron chi connectivity index (χ1n) is 5.05. The zero-order chi connectivity index (χ0) is 13.1. The number of aromatic nitrogens is 3. The Morgan fingerprint density at radius 3 is 2.94 bits per heavy atom. The zero-order valence-electron chi connectivity index (χ0n) is 9.46. The number of hydrogen-bond donors (Lipinski definition) is 1. The van der Waals surface area contributed by atoms with Crippen molar-refractivity contribution in [1.82, 2.24) is 14.8 Å². The summed E-state index contributed by atoms with van der Waals surface area (Å²) in [6.07, 6.45) is 0. The second-order valence-corrected chi connectivity index (χ2v) is 6.99. The molecule has 0 aromatic carbocycles. The SMILES string of the molecule is Cc1nnc(SCC(=O)O)n1Cc1ccc(Br)s1. The van der Waals surface area contributed by atoms with Gasteiger partial charge in [-0.3, -0.25) is 4.79 Å². The van der Waals surface area contributed by atoms with Crippen LogP contribution in [-0.2, 0) is 11.3 Å². The fraction of sp³-hybridized carbons (Fsp3) is 0.300. The Hall–Kier alpha value is -0.860. The third-order valence-corrected chi connectivity index (χ3v) is 4.73. The maximum atomic E-state index is 10.6. The van der Waals surface area contributed by atoms with Crippen molar-refractivity contribution in [2.75, 3.05) is 5.75 Å². The highest BCUT2D eigenvalue weighted by molar-refractivity contribution is 9.11. The fourth-order valence-electron chi connectivity index (χ4n) is 1.37. The smallest absolute Gasteiger partial charge is 0.313 e. The summed E-state index contributed by atoms with van der Waals surface area (Å²) >= 11 is 6.25. The average molecular weight is 348 g/mol. The topological polar surface area (TPSA) is 68.0 Å². The molecule has 0 bridgehead atoms. The molecule has 0 aliphatic heterocycles. The molecule has 2 heterocycles. The van der Waals surface area contributed by atoms with E-state index in [-0.39, 0.29) is 5.75 Å². The van der Waals surface area contributed by atoms with Crippen LogP contribution in [0.25, 0.3) is 0 Å². The van der Waals surface area contributed by atoms with Gasteiger partial charge in [0.2, 0.25) is 0 Å². The Kier molecular flexibility index (Phi) is 4.41. The van der Waals surface area contributed by atoms with E-state index < -0.39 is 5.97 Å². The molecule has 0 unspecified atom stereocenters. The number of hydrogen-bond acceptors (Lipinski definition) is 5. The molecule has 2 aromatic heterocycles. The van der Waals surface area contributed by atoms with Crippen LogP contribution in [0, 0.1) is 6.92 Å². The standard InChI is InChI=1S/C10H10BrN3O2S2/c1-6-12-13-10(17-5-9(15)16)14(6)4-7-2-3-8(11)18-7/h2-3H,4-5H2,1H3,(H,15,16). The summed E-state index contributed by atoms with van der Waals surface area (Å²) in [6.45, 7) is 2.53. The van der Waals surface area contributed by atoms with Gasteiger partial charge in [-0.05, 0) is 35.0 Å². The second kappa shape index (κ2) is 5.85. The predicted molar refractivity (Wildman–Crippen MR) is 74.2 cm³/mol. The molecule has 0 aliphatic rings. The maximum absolute atomic E-state index is 10.6. The first-order chi connectivity index (χ1) is 8.56. The molecule has 18 heavy (non-hydrogen) atoms. The molecule has 0 spiro atoms. The summed E-state index contributed by atoms with van der Waals surface area (Å²) in [5.41, 5.74) is 0. The van der Waals surface area contributed by atoms with Crippen molar-refractivity contribution < 1.29 is 9.90 Å². The molecule has 5 nitrogen and oxygen atoms in total. The van der Waals surface area contributed by atoms with E-state index in [2.05, 4.69) is 26.1 Å². The minimum atomic E-state index is -0.855. The molecule has 8 heteroatoms. The van der Waals surface area contributed by atoms with Crippen molar-refractivity contribution in [3.63, 3.8) is 0 Å². The van der Waals surface area contributed by atoms with Gasteiger partial charge < -0.3 is 9.67 Å². The normalized spacial score (nSPS) is 10.8. The van der Waals surface area contributed by atoms with E-state index in [9.17, 15) is 4.79 Å². The number of aliphatic carboxylic acids is 1. The van der Waals surface area contributed by atoms with Crippen LogP contribution in [-0.4, -0.2) is 31.6 Å². The van der Waals surface area contributed by atoms with Crippen molar-refractivity contribution in [3.05, 3.63) is 26.6 Å². The quantitative estimate of drug-likeness (QED) is 0.842. The molecule has 2 rings (SSSR count). The van der Waals surface area contributed by atoms with E-state index in [4.69, 9.17) is 5.11 Å². The van der Waals surface area contributed by atoms with E-state index in [0.717, 1.165) is 9.61 Å². The van der Waals surface area contributed by atoms with E-state index in [1.165, 1.54) is 16.6 Å². The summed E-state index contributed by atoms with van der Waals surface area (Å²) in [6, 6.07) is 4.02. The minimum Gasteiger partial charge on any atom is -0.481 e. The van der Waals surface area contributed by atoms with Crippen LogP contribution in [0.3, 0.4) is 0 Å². The molecule has 96 valence electrons. The highest BCUT2D eigenvalue weighted by Gasteiger charge is 2.12. The van der Waals surface area contributed by atoms with Crippen molar-refractivity contribution in [3.8, 4) is 0 Å². The van der Waals surface area contributed by atoms with E-state index in [0.29, 0.717) is 11.7 Å². The molecular formula is C10H10BrN3O2S2. The predicted octanol–water partition coefficient (Wildman–Crippen LogP) is 2.64. The lowest BCUT2D eigenvalue weighted by Gasteiger charge is -2.05. The summed E-state index contributed by atoms with van der Waals surface area (Å²) in [4.78, 5) is 11.7. The second-order valence-electron chi connectivity index (χ2n) is 3.50. The Balaban J connectivity index is 2.16. The highest BCUT2D eigenvalue weighted by Crippen LogP contribution is 2.25. The summed E-state index contributed by atoms with van der Waals surface area (Å²) < 4.78 is 2.99. The lowest BCUT2D eigenvalue weighted by Crippen LogP contribution is -2.05. The van der Waals surface area contributed by atoms with Crippen molar-refractivity contribution in [2.45, 2.75) is 18.6 Å². The van der Waals surface area contributed by atoms with Gasteiger partial charge in [-0.15, -0.1) is 21.5 Å². The Morgan fingerprint density at radius 2 is 2.33 bits per heavy atom. The number of halogens is 1. The van der Waals surface area contributed by atoms with Crippen LogP contribution in [0.4, 0.5) is 0 Å². The van der Waals surface area contributed by atoms with E-state index >= 15 is 0 Å². The zero-order valence-corrected chi connectivity index (χ0v) is 12.7. The van der Waals surface area contributed by atoms with E-state index in [1.807, 2.05) is 23.6 Å². The van der Waals surface area contributed by atoms with Gasteiger partial charge in [0.1, 0.15) is 5.82 Å². The first kappa shape index (κ1) is 13.6. The van der Waals surface area contributed by atoms with Gasteiger partial charge in [0.15, 0.2) is 5.16 Å². The summed E-state index contributed by atoms with van der Waals surface area (Å²) in [7, 11) is 0. The van der Waals surface area contributed by atoms with Gasteiger partial charge in [-0.1, -0.05) is 11.8 Å². The van der Waals surface area contributed by atoms with Gasteiger partial charge in [0.05, 0.1) is 16.1 Å². The largest absolute Gasteiger partial charge is 0.481 e. The third-order valence-electron chi connectivity index (χ3n) is 2.17. The number of carbonyl (C=O) groups is 1. The lowest BCUT2D eigenvalue weighted by atomic mass is 10.4. The monoisotopic (exact) mass is 347 g/mol. The number of nitrogens with zero attached hydrogens (tertiary/aromatic N) is 3. The molecule has 1 N–H and O–H groups in total. The molecular weight excluding hydrogens is 338 g/mol. The van der Waals surface area contributed by atoms with Crippen molar-refractivity contribution in [2.24, 2.45) is 0 Å². The first-order valence-corrected chi connectivity index (χ1v) is 7.64. The van der Waals surface area contributed by atoms with Crippen LogP contribution in [0.1, 0.15) is 10.7 Å². The average Bonchev–Trinajstić information content (AvgIpc) is 2.85. The molecule has 0 atom stereocenters. The van der Waals surface area contributed by atoms with Crippen LogP contribution in [0.15, 0.2) is 21.1 Å². The molecule has 0 saturated heterocycles. The number of thioether (sulfide) groups is 1. The number of thiophene rings is 1.